The predicted molar refractivity (Wildman–Crippen MR) is 134 cm³/mol. The standard InChI is InChI=1S/C28H28N2O5/c1-3-17-13-14-25(22(15-17)26(31)29-24(4-2)27(32)33)30-28(34)35-16-23-20-11-7-5-9-18(20)19-10-6-8-12-21(19)23/h5-15,23-24H,3-4,16H2,1-2H3,(H,29,31)(H,30,34)(H,32,33). The van der Waals surface area contributed by atoms with Gasteiger partial charge in [0, 0.05) is 5.92 Å². The summed E-state index contributed by atoms with van der Waals surface area (Å²) in [4.78, 5) is 37.0. The van der Waals surface area contributed by atoms with E-state index in [1.807, 2.05) is 49.4 Å². The molecule has 3 N–H and O–H groups in total. The molecule has 0 fully saturated rings. The second-order valence-corrected chi connectivity index (χ2v) is 8.46. The molecule has 0 spiro atoms. The number of hydrogen-bond acceptors (Lipinski definition) is 4. The van der Waals surface area contributed by atoms with Crippen LogP contribution in [0, 0.1) is 0 Å². The molecule has 3 aromatic rings. The number of anilines is 1. The molecular weight excluding hydrogens is 444 g/mol. The number of carbonyl (C=O) groups excluding carboxylic acids is 2. The fourth-order valence-corrected chi connectivity index (χ4v) is 4.43. The highest BCUT2D eigenvalue weighted by Crippen LogP contribution is 2.44. The van der Waals surface area contributed by atoms with Gasteiger partial charge in [-0.15, -0.1) is 0 Å². The maximum absolute atomic E-state index is 12.9. The van der Waals surface area contributed by atoms with Crippen LogP contribution in [-0.2, 0) is 16.0 Å². The third-order valence-corrected chi connectivity index (χ3v) is 6.33. The molecule has 0 saturated carbocycles. The number of aliphatic carboxylic acids is 1. The molecule has 7 nitrogen and oxygen atoms in total. The van der Waals surface area contributed by atoms with Gasteiger partial charge in [0.2, 0.25) is 0 Å². The Bertz CT molecular complexity index is 1220. The summed E-state index contributed by atoms with van der Waals surface area (Å²) in [5.74, 6) is -1.76. The van der Waals surface area contributed by atoms with E-state index < -0.39 is 24.0 Å². The lowest BCUT2D eigenvalue weighted by Gasteiger charge is -2.17. The summed E-state index contributed by atoms with van der Waals surface area (Å²) in [7, 11) is 0. The van der Waals surface area contributed by atoms with Crippen molar-refractivity contribution in [3.05, 3.63) is 89.0 Å². The van der Waals surface area contributed by atoms with E-state index in [0.717, 1.165) is 27.8 Å². The molecule has 0 saturated heterocycles. The first-order valence-electron chi connectivity index (χ1n) is 11.7. The fraction of sp³-hybridized carbons (Fsp3) is 0.250. The average Bonchev–Trinajstić information content (AvgIpc) is 3.19. The summed E-state index contributed by atoms with van der Waals surface area (Å²) in [6, 6.07) is 20.2. The van der Waals surface area contributed by atoms with Crippen LogP contribution in [0.4, 0.5) is 10.5 Å². The molecule has 2 amide bonds. The molecule has 0 radical (unpaired) electrons. The maximum atomic E-state index is 12.9. The summed E-state index contributed by atoms with van der Waals surface area (Å²) in [6.45, 7) is 3.77. The molecular formula is C28H28N2O5. The Morgan fingerprint density at radius 3 is 2.14 bits per heavy atom. The van der Waals surface area contributed by atoms with Crippen molar-refractivity contribution >= 4 is 23.7 Å². The lowest BCUT2D eigenvalue weighted by Crippen LogP contribution is -2.40. The Labute approximate surface area is 204 Å². The van der Waals surface area contributed by atoms with E-state index in [9.17, 15) is 19.5 Å². The predicted octanol–water partition coefficient (Wildman–Crippen LogP) is 5.20. The first-order valence-corrected chi connectivity index (χ1v) is 11.7. The quantitative estimate of drug-likeness (QED) is 0.418. The van der Waals surface area contributed by atoms with Crippen molar-refractivity contribution in [2.45, 2.75) is 38.6 Å². The number of benzene rings is 3. The number of carboxylic acids is 1. The first kappa shape index (κ1) is 24.0. The zero-order valence-corrected chi connectivity index (χ0v) is 19.7. The highest BCUT2D eigenvalue weighted by molar-refractivity contribution is 6.04. The molecule has 1 atom stereocenters. The minimum Gasteiger partial charge on any atom is -0.480 e. The van der Waals surface area contributed by atoms with E-state index in [1.54, 1.807) is 19.1 Å². The first-order chi connectivity index (χ1) is 16.9. The molecule has 0 heterocycles. The van der Waals surface area contributed by atoms with Crippen molar-refractivity contribution in [1.29, 1.82) is 0 Å². The van der Waals surface area contributed by atoms with Gasteiger partial charge in [-0.3, -0.25) is 10.1 Å². The van der Waals surface area contributed by atoms with Gasteiger partial charge in [0.15, 0.2) is 0 Å². The number of fused-ring (bicyclic) bond motifs is 3. The highest BCUT2D eigenvalue weighted by Gasteiger charge is 2.29. The van der Waals surface area contributed by atoms with Crippen molar-refractivity contribution < 1.29 is 24.2 Å². The molecule has 0 aromatic heterocycles. The minimum atomic E-state index is -1.11. The van der Waals surface area contributed by atoms with Crippen LogP contribution >= 0.6 is 0 Å². The van der Waals surface area contributed by atoms with Crippen molar-refractivity contribution in [2.24, 2.45) is 0 Å². The zero-order chi connectivity index (χ0) is 24.9. The Morgan fingerprint density at radius 1 is 0.943 bits per heavy atom. The minimum absolute atomic E-state index is 0.0840. The number of carboxylic acid groups (broad SMARTS) is 1. The second kappa shape index (κ2) is 10.4. The molecule has 1 aliphatic carbocycles. The van der Waals surface area contributed by atoms with Crippen LogP contribution in [0.25, 0.3) is 11.1 Å². The number of rotatable bonds is 8. The van der Waals surface area contributed by atoms with Crippen LogP contribution in [0.3, 0.4) is 0 Å². The number of amides is 2. The van der Waals surface area contributed by atoms with Crippen molar-refractivity contribution in [3.8, 4) is 11.1 Å². The summed E-state index contributed by atoms with van der Waals surface area (Å²) in [5, 5.41) is 14.5. The second-order valence-electron chi connectivity index (χ2n) is 8.46. The van der Waals surface area contributed by atoms with E-state index in [0.29, 0.717) is 6.42 Å². The smallest absolute Gasteiger partial charge is 0.411 e. The van der Waals surface area contributed by atoms with Gasteiger partial charge in [-0.1, -0.05) is 68.4 Å². The van der Waals surface area contributed by atoms with E-state index in [-0.39, 0.29) is 30.2 Å². The SMILES string of the molecule is CCc1ccc(NC(=O)OCC2c3ccccc3-c3ccccc32)c(C(=O)NC(CC)C(=O)O)c1. The number of ether oxygens (including phenoxy) is 1. The molecule has 0 bridgehead atoms. The Kier molecular flexibility index (Phi) is 7.15. The van der Waals surface area contributed by atoms with Gasteiger partial charge >= 0.3 is 12.1 Å². The molecule has 7 heteroatoms. The normalized spacial score (nSPS) is 12.9. The van der Waals surface area contributed by atoms with Gasteiger partial charge in [0.1, 0.15) is 12.6 Å². The van der Waals surface area contributed by atoms with Crippen LogP contribution in [0.15, 0.2) is 66.7 Å². The average molecular weight is 473 g/mol. The van der Waals surface area contributed by atoms with Crippen molar-refractivity contribution in [1.82, 2.24) is 5.32 Å². The van der Waals surface area contributed by atoms with Crippen LogP contribution in [0.1, 0.15) is 53.2 Å². The van der Waals surface area contributed by atoms with Gasteiger partial charge in [0.25, 0.3) is 5.91 Å². The van der Waals surface area contributed by atoms with E-state index in [4.69, 9.17) is 4.74 Å². The molecule has 180 valence electrons. The number of aryl methyl sites for hydroxylation is 1. The van der Waals surface area contributed by atoms with E-state index in [2.05, 4.69) is 22.8 Å². The monoisotopic (exact) mass is 472 g/mol. The molecule has 3 aromatic carbocycles. The highest BCUT2D eigenvalue weighted by atomic mass is 16.5. The van der Waals surface area contributed by atoms with Crippen LogP contribution < -0.4 is 10.6 Å². The van der Waals surface area contributed by atoms with Gasteiger partial charge in [-0.05, 0) is 52.8 Å². The van der Waals surface area contributed by atoms with Gasteiger partial charge < -0.3 is 15.2 Å². The third-order valence-electron chi connectivity index (χ3n) is 6.33. The number of nitrogens with one attached hydrogen (secondary N) is 2. The summed E-state index contributed by atoms with van der Waals surface area (Å²) in [5.41, 5.74) is 5.82. The number of carbonyl (C=O) groups is 3. The lowest BCUT2D eigenvalue weighted by atomic mass is 9.98. The number of hydrogen-bond donors (Lipinski definition) is 3. The Hall–Kier alpha value is -4.13. The van der Waals surface area contributed by atoms with E-state index >= 15 is 0 Å². The summed E-state index contributed by atoms with van der Waals surface area (Å²) < 4.78 is 5.60. The molecule has 1 aliphatic rings. The topological polar surface area (TPSA) is 105 Å². The van der Waals surface area contributed by atoms with Gasteiger partial charge in [-0.25, -0.2) is 9.59 Å². The lowest BCUT2D eigenvalue weighted by molar-refractivity contribution is -0.139. The fourth-order valence-electron chi connectivity index (χ4n) is 4.43. The zero-order valence-electron chi connectivity index (χ0n) is 19.7. The third kappa shape index (κ3) is 5.04. The van der Waals surface area contributed by atoms with Crippen molar-refractivity contribution in [3.63, 3.8) is 0 Å². The molecule has 1 unspecified atom stereocenters. The Balaban J connectivity index is 1.50. The van der Waals surface area contributed by atoms with Gasteiger partial charge in [0.05, 0.1) is 11.3 Å². The van der Waals surface area contributed by atoms with Crippen LogP contribution in [-0.4, -0.2) is 35.7 Å². The molecule has 4 rings (SSSR count). The molecule has 35 heavy (non-hydrogen) atoms. The van der Waals surface area contributed by atoms with E-state index in [1.165, 1.54) is 0 Å². The largest absolute Gasteiger partial charge is 0.480 e. The molecule has 0 aliphatic heterocycles. The van der Waals surface area contributed by atoms with Gasteiger partial charge in [-0.2, -0.15) is 0 Å². The van der Waals surface area contributed by atoms with Crippen LogP contribution in [0.5, 0.6) is 0 Å². The summed E-state index contributed by atoms with van der Waals surface area (Å²) >= 11 is 0. The van der Waals surface area contributed by atoms with Crippen molar-refractivity contribution in [2.75, 3.05) is 11.9 Å². The Morgan fingerprint density at radius 2 is 1.57 bits per heavy atom. The van der Waals surface area contributed by atoms with Crippen LogP contribution in [0.2, 0.25) is 0 Å². The summed E-state index contributed by atoms with van der Waals surface area (Å²) in [6.07, 6.45) is 0.237. The maximum Gasteiger partial charge on any atom is 0.411 e.